The van der Waals surface area contributed by atoms with Crippen LogP contribution < -0.4 is 5.32 Å². The number of amides is 2. The standard InChI is InChI=1S/C18H19FN4O3/c1-11-9-26-22-15(11)16(24)21-8-13-6-18(4-5-18)10-23(13)17(25)14-3-2-12(19)7-20-14/h2-3,7,9,13H,4-6,8,10H2,1H3,(H,21,24). The summed E-state index contributed by atoms with van der Waals surface area (Å²) in [5.41, 5.74) is 1.29. The van der Waals surface area contributed by atoms with E-state index in [1.807, 2.05) is 0 Å². The lowest BCUT2D eigenvalue weighted by molar-refractivity contribution is 0.0713. The molecule has 1 atom stereocenters. The van der Waals surface area contributed by atoms with Gasteiger partial charge in [0.25, 0.3) is 11.8 Å². The van der Waals surface area contributed by atoms with Crippen LogP contribution in [-0.4, -0.2) is 46.0 Å². The smallest absolute Gasteiger partial charge is 0.273 e. The highest BCUT2D eigenvalue weighted by atomic mass is 19.1. The minimum atomic E-state index is -0.478. The molecule has 7 nitrogen and oxygen atoms in total. The van der Waals surface area contributed by atoms with Crippen molar-refractivity contribution in [3.05, 3.63) is 47.4 Å². The monoisotopic (exact) mass is 358 g/mol. The number of rotatable bonds is 4. The van der Waals surface area contributed by atoms with Crippen LogP contribution in [0.1, 0.15) is 45.8 Å². The Labute approximate surface area is 149 Å². The van der Waals surface area contributed by atoms with Crippen molar-refractivity contribution in [2.75, 3.05) is 13.1 Å². The van der Waals surface area contributed by atoms with E-state index in [0.717, 1.165) is 25.5 Å². The Balaban J connectivity index is 1.47. The molecule has 1 saturated carbocycles. The zero-order valence-corrected chi connectivity index (χ0v) is 14.4. The number of hydrogen-bond donors (Lipinski definition) is 1. The van der Waals surface area contributed by atoms with Gasteiger partial charge in [-0.25, -0.2) is 9.37 Å². The molecule has 3 heterocycles. The predicted octanol–water partition coefficient (Wildman–Crippen LogP) is 1.94. The average Bonchev–Trinajstić information content (AvgIpc) is 3.07. The molecule has 1 unspecified atom stereocenters. The number of aryl methyl sites for hydroxylation is 1. The molecule has 1 spiro atoms. The Hall–Kier alpha value is -2.77. The third kappa shape index (κ3) is 3.07. The first kappa shape index (κ1) is 16.7. The van der Waals surface area contributed by atoms with Crippen molar-refractivity contribution in [2.24, 2.45) is 5.41 Å². The van der Waals surface area contributed by atoms with Crippen molar-refractivity contribution in [3.63, 3.8) is 0 Å². The Morgan fingerprint density at radius 1 is 1.42 bits per heavy atom. The summed E-state index contributed by atoms with van der Waals surface area (Å²) in [5.74, 6) is -1.03. The molecule has 0 bridgehead atoms. The quantitative estimate of drug-likeness (QED) is 0.902. The minimum Gasteiger partial charge on any atom is -0.364 e. The summed E-state index contributed by atoms with van der Waals surface area (Å²) in [6.07, 6.45) is 5.47. The van der Waals surface area contributed by atoms with Gasteiger partial charge in [-0.3, -0.25) is 9.59 Å². The largest absolute Gasteiger partial charge is 0.364 e. The van der Waals surface area contributed by atoms with Crippen LogP contribution in [0.4, 0.5) is 4.39 Å². The summed E-state index contributed by atoms with van der Waals surface area (Å²) in [6.45, 7) is 2.73. The molecule has 1 saturated heterocycles. The molecule has 2 fully saturated rings. The molecule has 1 aliphatic carbocycles. The van der Waals surface area contributed by atoms with Gasteiger partial charge in [-0.15, -0.1) is 0 Å². The maximum atomic E-state index is 13.1. The van der Waals surface area contributed by atoms with E-state index in [1.165, 1.54) is 18.4 Å². The first-order valence-electron chi connectivity index (χ1n) is 8.59. The summed E-state index contributed by atoms with van der Waals surface area (Å²) < 4.78 is 17.9. The fraction of sp³-hybridized carbons (Fsp3) is 0.444. The molecule has 4 rings (SSSR count). The zero-order chi connectivity index (χ0) is 18.3. The van der Waals surface area contributed by atoms with Gasteiger partial charge in [0.15, 0.2) is 5.69 Å². The molecule has 1 N–H and O–H groups in total. The number of likely N-dealkylation sites (tertiary alicyclic amines) is 1. The Morgan fingerprint density at radius 2 is 2.23 bits per heavy atom. The topological polar surface area (TPSA) is 88.3 Å². The van der Waals surface area contributed by atoms with Gasteiger partial charge < -0.3 is 14.7 Å². The number of nitrogens with zero attached hydrogens (tertiary/aromatic N) is 3. The van der Waals surface area contributed by atoms with Gasteiger partial charge in [0.2, 0.25) is 0 Å². The van der Waals surface area contributed by atoms with E-state index in [4.69, 9.17) is 4.52 Å². The second-order valence-corrected chi connectivity index (χ2v) is 7.21. The molecule has 2 aliphatic rings. The highest BCUT2D eigenvalue weighted by molar-refractivity contribution is 5.94. The van der Waals surface area contributed by atoms with Gasteiger partial charge in [-0.2, -0.15) is 0 Å². The fourth-order valence-corrected chi connectivity index (χ4v) is 3.57. The molecule has 26 heavy (non-hydrogen) atoms. The molecule has 2 aromatic heterocycles. The van der Waals surface area contributed by atoms with Crippen LogP contribution in [0.3, 0.4) is 0 Å². The molecule has 8 heteroatoms. The average molecular weight is 358 g/mol. The van der Waals surface area contributed by atoms with Crippen LogP contribution in [0.25, 0.3) is 0 Å². The highest BCUT2D eigenvalue weighted by Crippen LogP contribution is 2.54. The Kier molecular flexibility index (Phi) is 3.97. The van der Waals surface area contributed by atoms with Crippen molar-refractivity contribution in [1.82, 2.24) is 20.4 Å². The molecular weight excluding hydrogens is 339 g/mol. The molecule has 2 amide bonds. The zero-order valence-electron chi connectivity index (χ0n) is 14.4. The van der Waals surface area contributed by atoms with Crippen LogP contribution >= 0.6 is 0 Å². The van der Waals surface area contributed by atoms with Crippen molar-refractivity contribution in [1.29, 1.82) is 0 Å². The number of hydrogen-bond acceptors (Lipinski definition) is 5. The van der Waals surface area contributed by atoms with E-state index in [9.17, 15) is 14.0 Å². The molecule has 136 valence electrons. The molecule has 0 aromatic carbocycles. The van der Waals surface area contributed by atoms with Crippen LogP contribution in [0, 0.1) is 18.2 Å². The lowest BCUT2D eigenvalue weighted by atomic mass is 10.0. The summed E-state index contributed by atoms with van der Waals surface area (Å²) in [5, 5.41) is 6.54. The number of pyridine rings is 1. The minimum absolute atomic E-state index is 0.118. The lowest BCUT2D eigenvalue weighted by Gasteiger charge is -2.24. The summed E-state index contributed by atoms with van der Waals surface area (Å²) in [4.78, 5) is 30.7. The van der Waals surface area contributed by atoms with Crippen molar-refractivity contribution >= 4 is 11.8 Å². The number of aromatic nitrogens is 2. The van der Waals surface area contributed by atoms with E-state index in [-0.39, 0.29) is 34.7 Å². The van der Waals surface area contributed by atoms with Crippen LogP contribution in [0.15, 0.2) is 29.1 Å². The highest BCUT2D eigenvalue weighted by Gasteiger charge is 2.53. The van der Waals surface area contributed by atoms with Crippen molar-refractivity contribution < 1.29 is 18.5 Å². The second-order valence-electron chi connectivity index (χ2n) is 7.21. The first-order chi connectivity index (χ1) is 12.5. The first-order valence-corrected chi connectivity index (χ1v) is 8.59. The van der Waals surface area contributed by atoms with Gasteiger partial charge in [0, 0.05) is 18.7 Å². The third-order valence-electron chi connectivity index (χ3n) is 5.24. The number of carbonyl (C=O) groups excluding carboxylic acids is 2. The van der Waals surface area contributed by atoms with Crippen LogP contribution in [-0.2, 0) is 0 Å². The lowest BCUT2D eigenvalue weighted by Crippen LogP contribution is -2.43. The summed E-state index contributed by atoms with van der Waals surface area (Å²) in [7, 11) is 0. The third-order valence-corrected chi connectivity index (χ3v) is 5.24. The predicted molar refractivity (Wildman–Crippen MR) is 88.9 cm³/mol. The maximum Gasteiger partial charge on any atom is 0.273 e. The fourth-order valence-electron chi connectivity index (χ4n) is 3.57. The molecule has 1 aliphatic heterocycles. The molecule has 0 radical (unpaired) electrons. The van der Waals surface area contributed by atoms with E-state index < -0.39 is 5.82 Å². The van der Waals surface area contributed by atoms with Crippen LogP contribution in [0.5, 0.6) is 0 Å². The van der Waals surface area contributed by atoms with Crippen molar-refractivity contribution in [3.8, 4) is 0 Å². The van der Waals surface area contributed by atoms with Crippen molar-refractivity contribution in [2.45, 2.75) is 32.2 Å². The van der Waals surface area contributed by atoms with Gasteiger partial charge >= 0.3 is 0 Å². The van der Waals surface area contributed by atoms with E-state index >= 15 is 0 Å². The number of carbonyl (C=O) groups is 2. The van der Waals surface area contributed by atoms with Gasteiger partial charge in [-0.05, 0) is 43.7 Å². The summed E-state index contributed by atoms with van der Waals surface area (Å²) >= 11 is 0. The second kappa shape index (κ2) is 6.19. The molecular formula is C18H19FN4O3. The normalized spacial score (nSPS) is 20.4. The van der Waals surface area contributed by atoms with E-state index in [1.54, 1.807) is 11.8 Å². The Morgan fingerprint density at radius 3 is 2.85 bits per heavy atom. The van der Waals surface area contributed by atoms with E-state index in [0.29, 0.717) is 18.7 Å². The van der Waals surface area contributed by atoms with Crippen LogP contribution in [0.2, 0.25) is 0 Å². The molecule has 2 aromatic rings. The maximum absolute atomic E-state index is 13.1. The van der Waals surface area contributed by atoms with E-state index in [2.05, 4.69) is 15.5 Å². The van der Waals surface area contributed by atoms with Gasteiger partial charge in [-0.1, -0.05) is 5.16 Å². The SMILES string of the molecule is Cc1conc1C(=O)NCC1CC2(CC2)CN1C(=O)c1ccc(F)cn1. The number of nitrogens with one attached hydrogen (secondary N) is 1. The Bertz CT molecular complexity index is 844. The van der Waals surface area contributed by atoms with Gasteiger partial charge in [0.05, 0.1) is 12.2 Å². The van der Waals surface area contributed by atoms with Gasteiger partial charge in [0.1, 0.15) is 17.8 Å². The number of halogens is 1. The summed E-state index contributed by atoms with van der Waals surface area (Å²) in [6, 6.07) is 2.50.